The van der Waals surface area contributed by atoms with Gasteiger partial charge >= 0.3 is 18.1 Å². The maximum absolute atomic E-state index is 15.0. The van der Waals surface area contributed by atoms with Gasteiger partial charge in [-0.1, -0.05) is 39.3 Å². The lowest BCUT2D eigenvalue weighted by Crippen LogP contribution is -2.44. The number of hydrogen-bond acceptors (Lipinski definition) is 7. The largest absolute Gasteiger partial charge is 0.493 e. The Morgan fingerprint density at radius 1 is 1.02 bits per heavy atom. The molecule has 1 saturated carbocycles. The molecule has 42 heavy (non-hydrogen) atoms. The van der Waals surface area contributed by atoms with Gasteiger partial charge in [0.15, 0.2) is 0 Å². The third-order valence-electron chi connectivity index (χ3n) is 7.03. The molecule has 1 aliphatic carbocycles. The lowest BCUT2D eigenvalue weighted by atomic mass is 9.95. The lowest BCUT2D eigenvalue weighted by Gasteiger charge is -2.36. The molecule has 1 saturated heterocycles. The van der Waals surface area contributed by atoms with Crippen molar-refractivity contribution in [3.05, 3.63) is 62.3 Å². The topological polar surface area (TPSA) is 93.2 Å². The Morgan fingerprint density at radius 2 is 1.62 bits per heavy atom. The SMILES string of the molecule is C[C@@H](c1cc(Cl)cc(Cl)c1)N1CCC(COc2cc(F)c(C(=O)N(OC(=O)C(F)(F)F)S(=O)(=O)C3CC3)cc2Cl)CC1. The van der Waals surface area contributed by atoms with E-state index in [0.717, 1.165) is 37.6 Å². The molecule has 16 heteroatoms. The van der Waals surface area contributed by atoms with Gasteiger partial charge in [-0.3, -0.25) is 9.69 Å². The second-order valence-electron chi connectivity index (χ2n) is 10.1. The summed E-state index contributed by atoms with van der Waals surface area (Å²) < 4.78 is 83.3. The van der Waals surface area contributed by atoms with Crippen LogP contribution < -0.4 is 4.74 Å². The van der Waals surface area contributed by atoms with Crippen molar-refractivity contribution < 1.29 is 45.1 Å². The summed E-state index contributed by atoms with van der Waals surface area (Å²) in [5.41, 5.74) is -0.0364. The van der Waals surface area contributed by atoms with Crippen LogP contribution in [0.2, 0.25) is 15.1 Å². The van der Waals surface area contributed by atoms with Gasteiger partial charge in [0.05, 0.1) is 22.4 Å². The van der Waals surface area contributed by atoms with Crippen LogP contribution in [-0.2, 0) is 19.7 Å². The molecule has 0 spiro atoms. The molecular formula is C26H25Cl3F4N2O6S. The second-order valence-corrected chi connectivity index (χ2v) is 13.4. The number of alkyl halides is 3. The van der Waals surface area contributed by atoms with Crippen molar-refractivity contribution in [2.75, 3.05) is 19.7 Å². The van der Waals surface area contributed by atoms with Crippen LogP contribution >= 0.6 is 34.8 Å². The predicted octanol–water partition coefficient (Wildman–Crippen LogP) is 6.59. The third-order valence-corrected chi connectivity index (χ3v) is 9.78. The zero-order chi connectivity index (χ0) is 31.0. The van der Waals surface area contributed by atoms with E-state index in [0.29, 0.717) is 16.1 Å². The monoisotopic (exact) mass is 674 g/mol. The van der Waals surface area contributed by atoms with Gasteiger partial charge in [0.1, 0.15) is 11.6 Å². The maximum Gasteiger partial charge on any atom is 0.493 e. The van der Waals surface area contributed by atoms with E-state index in [1.54, 1.807) is 6.07 Å². The first-order valence-corrected chi connectivity index (χ1v) is 15.4. The van der Waals surface area contributed by atoms with Crippen LogP contribution in [0, 0.1) is 11.7 Å². The molecule has 1 aliphatic heterocycles. The van der Waals surface area contributed by atoms with Gasteiger partial charge in [0, 0.05) is 22.2 Å². The molecule has 230 valence electrons. The van der Waals surface area contributed by atoms with Crippen LogP contribution in [0.5, 0.6) is 5.75 Å². The highest BCUT2D eigenvalue weighted by Crippen LogP contribution is 2.35. The fourth-order valence-electron chi connectivity index (χ4n) is 4.48. The number of hydroxylamine groups is 1. The zero-order valence-electron chi connectivity index (χ0n) is 22.0. The van der Waals surface area contributed by atoms with Crippen molar-refractivity contribution in [1.82, 2.24) is 9.37 Å². The number of carbonyl (C=O) groups is 2. The number of likely N-dealkylation sites (tertiary alicyclic amines) is 1. The van der Waals surface area contributed by atoms with E-state index in [2.05, 4.69) is 9.74 Å². The fourth-order valence-corrected chi connectivity index (χ4v) is 6.75. The van der Waals surface area contributed by atoms with E-state index in [1.165, 1.54) is 0 Å². The minimum absolute atomic E-state index is 0.0263. The molecule has 2 fully saturated rings. The number of benzene rings is 2. The lowest BCUT2D eigenvalue weighted by molar-refractivity contribution is -0.217. The first-order valence-electron chi connectivity index (χ1n) is 12.8. The molecule has 2 aliphatic rings. The number of ether oxygens (including phenoxy) is 1. The normalized spacial score (nSPS) is 17.5. The number of rotatable bonds is 8. The molecule has 0 radical (unpaired) electrons. The minimum atomic E-state index is -5.61. The molecule has 2 aromatic carbocycles. The van der Waals surface area contributed by atoms with E-state index in [1.807, 2.05) is 19.1 Å². The van der Waals surface area contributed by atoms with Crippen molar-refractivity contribution in [2.45, 2.75) is 50.1 Å². The van der Waals surface area contributed by atoms with Gasteiger partial charge < -0.3 is 9.57 Å². The Labute approximate surface area is 254 Å². The minimum Gasteiger partial charge on any atom is -0.492 e. The fraction of sp³-hybridized carbons (Fsp3) is 0.462. The molecule has 0 unspecified atom stereocenters. The maximum atomic E-state index is 15.0. The first kappa shape index (κ1) is 32.6. The number of piperidine rings is 1. The Bertz CT molecular complexity index is 1440. The molecule has 0 N–H and O–H groups in total. The molecule has 8 nitrogen and oxygen atoms in total. The highest BCUT2D eigenvalue weighted by molar-refractivity contribution is 7.90. The summed E-state index contributed by atoms with van der Waals surface area (Å²) in [5.74, 6) is -6.20. The third kappa shape index (κ3) is 7.60. The van der Waals surface area contributed by atoms with Crippen molar-refractivity contribution in [2.24, 2.45) is 5.92 Å². The molecule has 4 rings (SSSR count). The number of nitrogens with zero attached hydrogens (tertiary/aromatic N) is 2. The quantitative estimate of drug-likeness (QED) is 0.230. The zero-order valence-corrected chi connectivity index (χ0v) is 25.1. The molecular weight excluding hydrogens is 651 g/mol. The standard InChI is InChI=1S/C26H25Cl3F4N2O6S/c1-14(16-8-17(27)10-18(28)9-16)34-6-4-15(5-7-34)13-40-23-12-22(30)20(11-21(23)29)24(36)35(41-25(37)26(31,32)33)42(38,39)19-2-3-19/h8-12,14-15,19H,2-7,13H2,1H3/t14-/m0/s1. The van der Waals surface area contributed by atoms with E-state index in [-0.39, 0.29) is 42.2 Å². The van der Waals surface area contributed by atoms with Crippen LogP contribution in [-0.4, -0.2) is 60.8 Å². The molecule has 1 amide bonds. The smallest absolute Gasteiger partial charge is 0.492 e. The van der Waals surface area contributed by atoms with Gasteiger partial charge in [-0.25, -0.2) is 17.6 Å². The molecule has 2 aromatic rings. The summed E-state index contributed by atoms with van der Waals surface area (Å²) in [6.07, 6.45) is -4.07. The number of halogens is 7. The van der Waals surface area contributed by atoms with Crippen LogP contribution in [0.3, 0.4) is 0 Å². The average Bonchev–Trinajstić information content (AvgIpc) is 3.76. The Balaban J connectivity index is 1.40. The van der Waals surface area contributed by atoms with Crippen molar-refractivity contribution in [3.8, 4) is 5.75 Å². The molecule has 1 atom stereocenters. The van der Waals surface area contributed by atoms with Crippen LogP contribution in [0.4, 0.5) is 17.6 Å². The second kappa shape index (κ2) is 12.7. The first-order chi connectivity index (χ1) is 19.6. The van der Waals surface area contributed by atoms with E-state index >= 15 is 0 Å². The van der Waals surface area contributed by atoms with Crippen molar-refractivity contribution in [1.29, 1.82) is 0 Å². The van der Waals surface area contributed by atoms with E-state index < -0.39 is 49.2 Å². The van der Waals surface area contributed by atoms with Crippen molar-refractivity contribution in [3.63, 3.8) is 0 Å². The van der Waals surface area contributed by atoms with Gasteiger partial charge in [-0.15, -0.1) is 0 Å². The number of carbonyl (C=O) groups excluding carboxylic acids is 2. The number of hydrogen-bond donors (Lipinski definition) is 0. The van der Waals surface area contributed by atoms with Crippen LogP contribution in [0.15, 0.2) is 30.3 Å². The summed E-state index contributed by atoms with van der Waals surface area (Å²) >= 11 is 18.4. The van der Waals surface area contributed by atoms with Crippen LogP contribution in [0.25, 0.3) is 0 Å². The molecule has 0 aromatic heterocycles. The highest BCUT2D eigenvalue weighted by Gasteiger charge is 2.50. The van der Waals surface area contributed by atoms with Gasteiger partial charge in [0.2, 0.25) is 0 Å². The summed E-state index contributed by atoms with van der Waals surface area (Å²) in [5, 5.41) is -0.455. The van der Waals surface area contributed by atoms with Gasteiger partial charge in [-0.2, -0.15) is 13.2 Å². The Hall–Kier alpha value is -2.32. The Kier molecular flexibility index (Phi) is 9.88. The van der Waals surface area contributed by atoms with E-state index in [4.69, 9.17) is 39.5 Å². The van der Waals surface area contributed by atoms with Gasteiger partial charge in [-0.05, 0) is 81.4 Å². The highest BCUT2D eigenvalue weighted by atomic mass is 35.5. The Morgan fingerprint density at radius 3 is 2.17 bits per heavy atom. The predicted molar refractivity (Wildman–Crippen MR) is 146 cm³/mol. The number of sulfonamides is 1. The summed E-state index contributed by atoms with van der Waals surface area (Å²) in [6.45, 7) is 3.67. The van der Waals surface area contributed by atoms with Gasteiger partial charge in [0.25, 0.3) is 10.0 Å². The summed E-state index contributed by atoms with van der Waals surface area (Å²) in [6, 6.07) is 6.89. The number of amides is 1. The summed E-state index contributed by atoms with van der Waals surface area (Å²) in [7, 11) is -4.85. The molecule has 1 heterocycles. The van der Waals surface area contributed by atoms with Crippen LogP contribution in [0.1, 0.15) is 54.6 Å². The molecule has 0 bridgehead atoms. The van der Waals surface area contributed by atoms with E-state index in [9.17, 15) is 35.6 Å². The van der Waals surface area contributed by atoms with Crippen molar-refractivity contribution >= 4 is 56.7 Å². The average molecular weight is 676 g/mol. The summed E-state index contributed by atoms with van der Waals surface area (Å²) in [4.78, 5) is 30.3.